The van der Waals surface area contributed by atoms with E-state index in [2.05, 4.69) is 23.6 Å². The largest absolute Gasteiger partial charge is 0.399 e. The van der Waals surface area contributed by atoms with Crippen LogP contribution in [0.15, 0.2) is 46.1 Å². The number of anilines is 1. The lowest BCUT2D eigenvalue weighted by atomic mass is 10.2. The van der Waals surface area contributed by atoms with Crippen LogP contribution in [-0.4, -0.2) is 40.7 Å². The fraction of sp³-hybridized carbons (Fsp3) is 0.357. The molecule has 0 saturated heterocycles. The Labute approximate surface area is 145 Å². The Morgan fingerprint density at radius 3 is 2.62 bits per heavy atom. The van der Waals surface area contributed by atoms with Crippen LogP contribution in [0.3, 0.4) is 0 Å². The Balaban J connectivity index is 1.81. The van der Waals surface area contributed by atoms with Gasteiger partial charge < -0.3 is 4.90 Å². The van der Waals surface area contributed by atoms with Crippen LogP contribution in [0, 0.1) is 0 Å². The molecule has 0 aliphatic heterocycles. The van der Waals surface area contributed by atoms with E-state index in [0.29, 0.717) is 18.1 Å². The summed E-state index contributed by atoms with van der Waals surface area (Å²) in [5, 5.41) is 10.6. The summed E-state index contributed by atoms with van der Waals surface area (Å²) < 4.78 is 30.9. The van der Waals surface area contributed by atoms with Crippen molar-refractivity contribution in [1.29, 1.82) is 0 Å². The van der Waals surface area contributed by atoms with Crippen LogP contribution >= 0.6 is 11.3 Å². The molecule has 0 aliphatic carbocycles. The summed E-state index contributed by atoms with van der Waals surface area (Å²) >= 11 is 1.42. The van der Waals surface area contributed by atoms with Crippen molar-refractivity contribution in [2.75, 3.05) is 32.2 Å². The first-order chi connectivity index (χ1) is 11.5. The molecule has 0 aliphatic rings. The summed E-state index contributed by atoms with van der Waals surface area (Å²) in [5.74, 6) is 0. The summed E-state index contributed by atoms with van der Waals surface area (Å²) in [5.41, 5.74) is 1.72. The van der Waals surface area contributed by atoms with Gasteiger partial charge in [0.05, 0.1) is 19.4 Å². The van der Waals surface area contributed by atoms with Gasteiger partial charge >= 0.3 is 10.4 Å². The molecule has 0 spiro atoms. The molecule has 0 N–H and O–H groups in total. The maximum absolute atomic E-state index is 11.0. The normalized spacial score (nSPS) is 11.9. The minimum Gasteiger partial charge on any atom is -0.375 e. The van der Waals surface area contributed by atoms with Crippen LogP contribution in [0.2, 0.25) is 0 Å². The number of aromatic nitrogens is 1. The Bertz CT molecular complexity index is 746. The van der Waals surface area contributed by atoms with Gasteiger partial charge in [0.1, 0.15) is 0 Å². The monoisotopic (exact) mass is 370 g/mol. The van der Waals surface area contributed by atoms with Crippen LogP contribution in [0.25, 0.3) is 0 Å². The summed E-state index contributed by atoms with van der Waals surface area (Å²) in [6, 6.07) is 7.55. The third-order valence-corrected chi connectivity index (χ3v) is 4.55. The molecule has 2 rings (SSSR count). The summed E-state index contributed by atoms with van der Waals surface area (Å²) in [7, 11) is -0.880. The second-order valence-corrected chi connectivity index (χ2v) is 6.96. The number of thiazole rings is 1. The van der Waals surface area contributed by atoms with Gasteiger partial charge in [0.25, 0.3) is 0 Å². The molecule has 10 heteroatoms. The van der Waals surface area contributed by atoms with Crippen molar-refractivity contribution in [2.24, 2.45) is 10.2 Å². The van der Waals surface area contributed by atoms with Gasteiger partial charge in [0.2, 0.25) is 5.13 Å². The second kappa shape index (κ2) is 8.83. The van der Waals surface area contributed by atoms with Crippen molar-refractivity contribution in [3.8, 4) is 0 Å². The molecule has 1 heterocycles. The molecule has 0 amide bonds. The van der Waals surface area contributed by atoms with Gasteiger partial charge in [-0.2, -0.15) is 8.42 Å². The van der Waals surface area contributed by atoms with Crippen LogP contribution in [0.4, 0.5) is 16.5 Å². The molecule has 0 atom stereocenters. The van der Waals surface area contributed by atoms with Crippen molar-refractivity contribution in [3.63, 3.8) is 0 Å². The first-order valence-corrected chi connectivity index (χ1v) is 9.29. The third-order valence-electron chi connectivity index (χ3n) is 3.03. The quantitative estimate of drug-likeness (QED) is 0.497. The highest BCUT2D eigenvalue weighted by Gasteiger charge is 2.08. The lowest BCUT2D eigenvalue weighted by molar-refractivity contribution is 0.242. The lowest BCUT2D eigenvalue weighted by Crippen LogP contribution is -2.20. The molecule has 0 bridgehead atoms. The van der Waals surface area contributed by atoms with Crippen molar-refractivity contribution in [1.82, 2.24) is 4.98 Å². The lowest BCUT2D eigenvalue weighted by Gasteiger charge is -2.19. The smallest absolute Gasteiger partial charge is 0.375 e. The minimum atomic E-state index is -3.86. The molecule has 2 aromatic rings. The van der Waals surface area contributed by atoms with E-state index in [9.17, 15) is 8.42 Å². The maximum atomic E-state index is 11.0. The maximum Gasteiger partial charge on any atom is 0.399 e. The van der Waals surface area contributed by atoms with Crippen LogP contribution in [0.5, 0.6) is 0 Å². The number of hydrogen-bond acceptors (Lipinski definition) is 9. The van der Waals surface area contributed by atoms with Crippen molar-refractivity contribution < 1.29 is 16.8 Å². The van der Waals surface area contributed by atoms with E-state index >= 15 is 0 Å². The fourth-order valence-corrected chi connectivity index (χ4v) is 2.65. The third kappa shape index (κ3) is 5.96. The molecule has 1 aromatic carbocycles. The first kappa shape index (κ1) is 18.5. The predicted molar refractivity (Wildman–Crippen MR) is 92.5 cm³/mol. The fourth-order valence-electron chi connectivity index (χ4n) is 1.78. The van der Waals surface area contributed by atoms with Gasteiger partial charge in [-0.1, -0.05) is 0 Å². The average molecular weight is 370 g/mol. The Morgan fingerprint density at radius 1 is 1.25 bits per heavy atom. The highest BCUT2D eigenvalue weighted by molar-refractivity contribution is 7.81. The zero-order valence-electron chi connectivity index (χ0n) is 13.3. The van der Waals surface area contributed by atoms with Gasteiger partial charge in [0.15, 0.2) is 0 Å². The topological polar surface area (TPSA) is 93.5 Å². The van der Waals surface area contributed by atoms with E-state index in [0.717, 1.165) is 18.5 Å². The van der Waals surface area contributed by atoms with E-state index in [1.165, 1.54) is 11.3 Å². The molecule has 0 saturated carbocycles. The molecule has 0 unspecified atom stereocenters. The van der Waals surface area contributed by atoms with E-state index in [-0.39, 0.29) is 6.61 Å². The van der Waals surface area contributed by atoms with Crippen molar-refractivity contribution in [3.05, 3.63) is 35.8 Å². The SMILES string of the molecule is COS(=O)(=O)OCCCN(C)c1ccc(N=Nc2nccs2)cc1. The molecular formula is C14H18N4O4S2. The summed E-state index contributed by atoms with van der Waals surface area (Å²) in [6.07, 6.45) is 2.23. The Morgan fingerprint density at radius 2 is 2.00 bits per heavy atom. The zero-order valence-corrected chi connectivity index (χ0v) is 15.0. The number of azo groups is 1. The Hall–Kier alpha value is -1.88. The number of hydrogen-bond donors (Lipinski definition) is 0. The van der Waals surface area contributed by atoms with Gasteiger partial charge in [-0.25, -0.2) is 9.17 Å². The molecule has 0 radical (unpaired) electrons. The van der Waals surface area contributed by atoms with E-state index in [1.807, 2.05) is 41.6 Å². The molecule has 1 aromatic heterocycles. The minimum absolute atomic E-state index is 0.0701. The molecule has 8 nitrogen and oxygen atoms in total. The van der Waals surface area contributed by atoms with Crippen LogP contribution in [0.1, 0.15) is 6.42 Å². The van der Waals surface area contributed by atoms with Gasteiger partial charge in [-0.05, 0) is 30.7 Å². The molecule has 0 fully saturated rings. The van der Waals surface area contributed by atoms with Gasteiger partial charge in [-0.3, -0.25) is 4.18 Å². The highest BCUT2D eigenvalue weighted by atomic mass is 32.3. The van der Waals surface area contributed by atoms with Gasteiger partial charge in [0, 0.05) is 30.9 Å². The number of rotatable bonds is 9. The molecule has 24 heavy (non-hydrogen) atoms. The Kier molecular flexibility index (Phi) is 6.79. The van der Waals surface area contributed by atoms with Crippen molar-refractivity contribution >= 4 is 38.2 Å². The predicted octanol–water partition coefficient (Wildman–Crippen LogP) is 3.29. The summed E-state index contributed by atoms with van der Waals surface area (Å²) in [6.45, 7) is 0.708. The van der Waals surface area contributed by atoms with Crippen molar-refractivity contribution in [2.45, 2.75) is 6.42 Å². The molecular weight excluding hydrogens is 352 g/mol. The zero-order chi connectivity index (χ0) is 17.4. The van der Waals surface area contributed by atoms with E-state index < -0.39 is 10.4 Å². The molecule has 130 valence electrons. The number of benzene rings is 1. The van der Waals surface area contributed by atoms with Crippen LogP contribution < -0.4 is 4.90 Å². The van der Waals surface area contributed by atoms with E-state index in [4.69, 9.17) is 0 Å². The summed E-state index contributed by atoms with van der Waals surface area (Å²) in [4.78, 5) is 6.02. The number of nitrogens with zero attached hydrogens (tertiary/aromatic N) is 4. The van der Waals surface area contributed by atoms with Crippen LogP contribution in [-0.2, 0) is 18.8 Å². The second-order valence-electron chi connectivity index (χ2n) is 4.70. The van der Waals surface area contributed by atoms with Gasteiger partial charge in [-0.15, -0.1) is 21.6 Å². The standard InChI is InChI=1S/C14H18N4O4S2/c1-18(9-3-10-22-24(19,20)21-2)13-6-4-12(5-7-13)16-17-14-15-8-11-23-14/h4-8,11H,3,9-10H2,1-2H3. The first-order valence-electron chi connectivity index (χ1n) is 7.07. The average Bonchev–Trinajstić information content (AvgIpc) is 3.11. The van der Waals surface area contributed by atoms with E-state index in [1.54, 1.807) is 6.20 Å². The highest BCUT2D eigenvalue weighted by Crippen LogP contribution is 2.22.